The second kappa shape index (κ2) is 4.49. The topological polar surface area (TPSA) is 35.5 Å². The highest BCUT2D eigenvalue weighted by Crippen LogP contribution is 2.40. The Balaban J connectivity index is 3.02. The molecule has 4 heteroatoms. The van der Waals surface area contributed by atoms with Gasteiger partial charge in [0.1, 0.15) is 11.7 Å². The van der Waals surface area contributed by atoms with Gasteiger partial charge in [0, 0.05) is 6.08 Å². The molecule has 0 N–H and O–H groups in total. The van der Waals surface area contributed by atoms with E-state index in [1.165, 1.54) is 0 Å². The summed E-state index contributed by atoms with van der Waals surface area (Å²) < 4.78 is 11.8. The van der Waals surface area contributed by atoms with E-state index in [0.717, 1.165) is 5.57 Å². The molecule has 18 heavy (non-hydrogen) atoms. The largest absolute Gasteiger partial charge is 0.453 e. The average molecular weight is 270 g/mol. The first-order valence-electron chi connectivity index (χ1n) is 6.46. The normalized spacial score (nSPS) is 24.6. The predicted octanol–water partition coefficient (Wildman–Crippen LogP) is 3.66. The molecule has 1 aliphatic heterocycles. The van der Waals surface area contributed by atoms with E-state index in [1.54, 1.807) is 6.08 Å². The van der Waals surface area contributed by atoms with Crippen LogP contribution in [0.2, 0.25) is 18.1 Å². The van der Waals surface area contributed by atoms with Crippen molar-refractivity contribution in [2.24, 2.45) is 0 Å². The van der Waals surface area contributed by atoms with Gasteiger partial charge in [-0.3, -0.25) is 0 Å². The number of esters is 1. The number of carbonyl (C=O) groups is 1. The third-order valence-corrected chi connectivity index (χ3v) is 8.41. The molecule has 3 nitrogen and oxygen atoms in total. The molecule has 0 spiro atoms. The molecule has 0 aromatic rings. The Morgan fingerprint density at radius 3 is 2.22 bits per heavy atom. The quantitative estimate of drug-likeness (QED) is 0.567. The van der Waals surface area contributed by atoms with Crippen molar-refractivity contribution in [2.75, 3.05) is 0 Å². The van der Waals surface area contributed by atoms with Gasteiger partial charge in [-0.15, -0.1) is 0 Å². The summed E-state index contributed by atoms with van der Waals surface area (Å²) in [6.45, 7) is 16.8. The Kier molecular flexibility index (Phi) is 3.85. The fourth-order valence-electron chi connectivity index (χ4n) is 1.86. The number of rotatable bonds is 2. The van der Waals surface area contributed by atoms with Gasteiger partial charge in [-0.2, -0.15) is 0 Å². The number of carbonyl (C=O) groups excluding carboxylic acids is 1. The predicted molar refractivity (Wildman–Crippen MR) is 76.0 cm³/mol. The molecule has 0 aromatic heterocycles. The molecule has 0 bridgehead atoms. The van der Waals surface area contributed by atoms with Crippen LogP contribution in [0.25, 0.3) is 0 Å². The molecule has 104 valence electrons. The van der Waals surface area contributed by atoms with E-state index in [9.17, 15) is 4.79 Å². The molecule has 0 saturated carbocycles. The molecule has 1 atom stereocenters. The van der Waals surface area contributed by atoms with Gasteiger partial charge in [-0.05, 0) is 44.5 Å². The Labute approximate surface area is 112 Å². The number of hydrogen-bond acceptors (Lipinski definition) is 3. The van der Waals surface area contributed by atoms with E-state index in [0.29, 0.717) is 0 Å². The first-order chi connectivity index (χ1) is 7.87. The summed E-state index contributed by atoms with van der Waals surface area (Å²) in [7, 11) is -1.88. The van der Waals surface area contributed by atoms with Gasteiger partial charge in [0.15, 0.2) is 8.32 Å². The van der Waals surface area contributed by atoms with Gasteiger partial charge in [0.05, 0.1) is 0 Å². The number of hydrogen-bond donors (Lipinski definition) is 0. The summed E-state index contributed by atoms with van der Waals surface area (Å²) in [5.74, 6) is -0.271. The molecule has 0 aliphatic carbocycles. The maximum atomic E-state index is 11.5. The van der Waals surface area contributed by atoms with Crippen LogP contribution in [0.5, 0.6) is 0 Å². The number of ether oxygens (including phenoxy) is 1. The minimum Gasteiger partial charge on any atom is -0.453 e. The van der Waals surface area contributed by atoms with Crippen molar-refractivity contribution >= 4 is 14.3 Å². The van der Waals surface area contributed by atoms with Crippen LogP contribution >= 0.6 is 0 Å². The van der Waals surface area contributed by atoms with Crippen LogP contribution in [0.4, 0.5) is 0 Å². The third kappa shape index (κ3) is 3.04. The lowest BCUT2D eigenvalue weighted by molar-refractivity contribution is -0.161. The van der Waals surface area contributed by atoms with Crippen LogP contribution in [-0.4, -0.2) is 26.0 Å². The van der Waals surface area contributed by atoms with Crippen molar-refractivity contribution in [2.45, 2.75) is 71.4 Å². The highest BCUT2D eigenvalue weighted by molar-refractivity contribution is 6.74. The lowest BCUT2D eigenvalue weighted by Crippen LogP contribution is -2.53. The van der Waals surface area contributed by atoms with Crippen LogP contribution in [0, 0.1) is 0 Å². The molecule has 1 aliphatic rings. The molecule has 1 rings (SSSR count). The molecule has 0 saturated heterocycles. The fraction of sp³-hybridized carbons (Fsp3) is 0.786. The van der Waals surface area contributed by atoms with E-state index in [1.807, 2.05) is 20.8 Å². The average Bonchev–Trinajstić information content (AvgIpc) is 2.08. The summed E-state index contributed by atoms with van der Waals surface area (Å²) >= 11 is 0. The smallest absolute Gasteiger partial charge is 0.331 e. The molecule has 1 heterocycles. The van der Waals surface area contributed by atoms with Gasteiger partial charge < -0.3 is 9.16 Å². The van der Waals surface area contributed by atoms with Crippen molar-refractivity contribution in [3.8, 4) is 0 Å². The molecule has 0 amide bonds. The van der Waals surface area contributed by atoms with Gasteiger partial charge in [0.2, 0.25) is 0 Å². The molecular formula is C14H26O3Si. The standard InChI is InChI=1S/C14H26O3Si/c1-10-9-11(15)16-14(5,6)12(10)17-18(7,8)13(2,3)4/h9,12H,1-8H3. The first-order valence-corrected chi connectivity index (χ1v) is 9.37. The Hall–Kier alpha value is -0.613. The number of cyclic esters (lactones) is 1. The summed E-state index contributed by atoms with van der Waals surface area (Å²) in [5, 5.41) is 0.144. The minimum atomic E-state index is -1.88. The second-order valence-corrected chi connectivity index (χ2v) is 11.9. The first kappa shape index (κ1) is 15.4. The minimum absolute atomic E-state index is 0.143. The van der Waals surface area contributed by atoms with Crippen LogP contribution in [0.15, 0.2) is 11.6 Å². The van der Waals surface area contributed by atoms with Crippen molar-refractivity contribution in [1.29, 1.82) is 0 Å². The Morgan fingerprint density at radius 2 is 1.83 bits per heavy atom. The summed E-state index contributed by atoms with van der Waals surface area (Å²) in [6.07, 6.45) is 1.40. The highest BCUT2D eigenvalue weighted by Gasteiger charge is 2.46. The van der Waals surface area contributed by atoms with Crippen LogP contribution in [-0.2, 0) is 14.0 Å². The van der Waals surface area contributed by atoms with Gasteiger partial charge in [-0.1, -0.05) is 20.8 Å². The maximum absolute atomic E-state index is 11.5. The molecular weight excluding hydrogens is 244 g/mol. The summed E-state index contributed by atoms with van der Waals surface area (Å²) in [5.41, 5.74) is 0.368. The molecule has 1 unspecified atom stereocenters. The van der Waals surface area contributed by atoms with Crippen LogP contribution < -0.4 is 0 Å². The van der Waals surface area contributed by atoms with Gasteiger partial charge >= 0.3 is 5.97 Å². The van der Waals surface area contributed by atoms with E-state index in [2.05, 4.69) is 33.9 Å². The summed E-state index contributed by atoms with van der Waals surface area (Å²) in [4.78, 5) is 11.5. The Morgan fingerprint density at radius 1 is 1.33 bits per heavy atom. The van der Waals surface area contributed by atoms with E-state index in [-0.39, 0.29) is 17.1 Å². The fourth-order valence-corrected chi connectivity index (χ4v) is 3.27. The van der Waals surface area contributed by atoms with E-state index >= 15 is 0 Å². The highest BCUT2D eigenvalue weighted by atomic mass is 28.4. The van der Waals surface area contributed by atoms with Crippen molar-refractivity contribution in [1.82, 2.24) is 0 Å². The Bertz CT molecular complexity index is 375. The zero-order valence-electron chi connectivity index (χ0n) is 12.9. The van der Waals surface area contributed by atoms with Crippen molar-refractivity contribution < 1.29 is 14.0 Å². The zero-order chi connectivity index (χ0) is 14.4. The lowest BCUT2D eigenvalue weighted by Gasteiger charge is -2.45. The summed E-state index contributed by atoms with van der Waals surface area (Å²) in [6, 6.07) is 0. The molecule has 0 fully saturated rings. The SMILES string of the molecule is CC1=CC(=O)OC(C)(C)C1O[Si](C)(C)C(C)(C)C. The van der Waals surface area contributed by atoms with Gasteiger partial charge in [-0.25, -0.2) is 4.79 Å². The van der Waals surface area contributed by atoms with Crippen LogP contribution in [0.3, 0.4) is 0 Å². The van der Waals surface area contributed by atoms with Crippen LogP contribution in [0.1, 0.15) is 41.5 Å². The van der Waals surface area contributed by atoms with Gasteiger partial charge in [0.25, 0.3) is 0 Å². The zero-order valence-corrected chi connectivity index (χ0v) is 13.9. The monoisotopic (exact) mass is 270 g/mol. The lowest BCUT2D eigenvalue weighted by atomic mass is 9.93. The van der Waals surface area contributed by atoms with Crippen molar-refractivity contribution in [3.05, 3.63) is 11.6 Å². The van der Waals surface area contributed by atoms with E-state index < -0.39 is 13.9 Å². The molecule has 0 radical (unpaired) electrons. The second-order valence-electron chi connectivity index (χ2n) is 7.17. The third-order valence-electron chi connectivity index (χ3n) is 3.97. The molecule has 0 aromatic carbocycles. The van der Waals surface area contributed by atoms with Crippen molar-refractivity contribution in [3.63, 3.8) is 0 Å². The maximum Gasteiger partial charge on any atom is 0.331 e. The van der Waals surface area contributed by atoms with E-state index in [4.69, 9.17) is 9.16 Å².